The molecule has 0 aromatic carbocycles. The van der Waals surface area contributed by atoms with Crippen molar-refractivity contribution in [2.75, 3.05) is 26.4 Å². The molecule has 0 saturated carbocycles. The summed E-state index contributed by atoms with van der Waals surface area (Å²) >= 11 is 0. The molecule has 3 fully saturated rings. The SMILES string of the molecule is CC/C=C\C/C=C\C/C=C\C/C=C\C/C=C\C/C=C\CCCCCCC(=O)NC(COC1OC(CO)C(OC2OC(CO)C(OC3OC(CO)C(O)C(O)C3O)C(O)C2O)C(O)C1O)C(O)/C=C/CC/C=C/CCCCCCCCCCCCC. The van der Waals surface area contributed by atoms with Crippen LogP contribution in [0.1, 0.15) is 181 Å². The van der Waals surface area contributed by atoms with Crippen molar-refractivity contribution in [3.8, 4) is 0 Å². The average molecular weight is 1210 g/mol. The minimum atomic E-state index is -1.99. The van der Waals surface area contributed by atoms with Crippen LogP contribution in [-0.4, -0.2) is 193 Å². The topological polar surface area (TPSA) is 307 Å². The number of carbonyl (C=O) groups is 1. The number of carbonyl (C=O) groups excluding carboxylic acids is 1. The van der Waals surface area contributed by atoms with Gasteiger partial charge in [-0.05, 0) is 83.5 Å². The first kappa shape index (κ1) is 76.0. The second kappa shape index (κ2) is 47.7. The van der Waals surface area contributed by atoms with E-state index in [9.17, 15) is 61.0 Å². The van der Waals surface area contributed by atoms with Crippen molar-refractivity contribution in [2.45, 2.75) is 285 Å². The van der Waals surface area contributed by atoms with Crippen LogP contribution in [0.3, 0.4) is 0 Å². The molecule has 17 atom stereocenters. The summed E-state index contributed by atoms with van der Waals surface area (Å²) in [5.74, 6) is -0.314. The molecule has 0 spiro atoms. The zero-order valence-corrected chi connectivity index (χ0v) is 51.0. The van der Waals surface area contributed by atoms with Gasteiger partial charge in [0.05, 0.1) is 38.6 Å². The Hall–Kier alpha value is -3.29. The molecule has 3 saturated heterocycles. The predicted molar refractivity (Wildman–Crippen MR) is 327 cm³/mol. The van der Waals surface area contributed by atoms with E-state index in [4.69, 9.17) is 28.4 Å². The summed E-state index contributed by atoms with van der Waals surface area (Å²) < 4.78 is 34.2. The Morgan fingerprint density at radius 3 is 1.32 bits per heavy atom. The number of aliphatic hydroxyl groups is 11. The fraction of sp³-hybridized carbons (Fsp3) is 0.742. The van der Waals surface area contributed by atoms with Gasteiger partial charge in [0.1, 0.15) is 73.2 Å². The minimum Gasteiger partial charge on any atom is -0.394 e. The Bertz CT molecular complexity index is 1920. The van der Waals surface area contributed by atoms with Crippen LogP contribution in [0.25, 0.3) is 0 Å². The third-order valence-corrected chi connectivity index (χ3v) is 15.4. The Morgan fingerprint density at radius 2 is 0.824 bits per heavy atom. The summed E-state index contributed by atoms with van der Waals surface area (Å²) in [5.41, 5.74) is 0. The molecule has 19 heteroatoms. The summed E-state index contributed by atoms with van der Waals surface area (Å²) in [6.07, 6.45) is 33.8. The number of ether oxygens (including phenoxy) is 6. The molecule has 3 aliphatic heterocycles. The van der Waals surface area contributed by atoms with Gasteiger partial charge < -0.3 is 89.9 Å². The van der Waals surface area contributed by atoms with Gasteiger partial charge in [-0.15, -0.1) is 0 Å². The Morgan fingerprint density at radius 1 is 0.435 bits per heavy atom. The van der Waals surface area contributed by atoms with Crippen molar-refractivity contribution in [3.63, 3.8) is 0 Å². The van der Waals surface area contributed by atoms with Crippen LogP contribution in [0, 0.1) is 0 Å². The molecular formula is C66H111NO18. The second-order valence-electron chi connectivity index (χ2n) is 22.5. The molecule has 488 valence electrons. The van der Waals surface area contributed by atoms with Crippen molar-refractivity contribution in [1.82, 2.24) is 5.32 Å². The summed E-state index contributed by atoms with van der Waals surface area (Å²) in [4.78, 5) is 13.4. The molecular weight excluding hydrogens is 1090 g/mol. The zero-order valence-electron chi connectivity index (χ0n) is 51.0. The summed E-state index contributed by atoms with van der Waals surface area (Å²) in [5, 5.41) is 120. The van der Waals surface area contributed by atoms with Crippen LogP contribution in [0.5, 0.6) is 0 Å². The van der Waals surface area contributed by atoms with Gasteiger partial charge in [-0.25, -0.2) is 0 Å². The maximum absolute atomic E-state index is 13.4. The molecule has 3 heterocycles. The third-order valence-electron chi connectivity index (χ3n) is 15.4. The van der Waals surface area contributed by atoms with E-state index >= 15 is 0 Å². The van der Waals surface area contributed by atoms with Crippen LogP contribution in [0.4, 0.5) is 0 Å². The molecule has 0 radical (unpaired) electrons. The summed E-state index contributed by atoms with van der Waals surface area (Å²) in [6, 6.07) is -1.01. The zero-order chi connectivity index (χ0) is 61.9. The molecule has 19 nitrogen and oxygen atoms in total. The van der Waals surface area contributed by atoms with Gasteiger partial charge in [-0.1, -0.05) is 188 Å². The van der Waals surface area contributed by atoms with Crippen LogP contribution < -0.4 is 5.32 Å². The average Bonchev–Trinajstić information content (AvgIpc) is 3.64. The molecule has 85 heavy (non-hydrogen) atoms. The van der Waals surface area contributed by atoms with E-state index in [1.807, 2.05) is 6.08 Å². The van der Waals surface area contributed by atoms with E-state index in [1.54, 1.807) is 6.08 Å². The number of amides is 1. The van der Waals surface area contributed by atoms with Crippen LogP contribution in [0.2, 0.25) is 0 Å². The number of hydrogen-bond donors (Lipinski definition) is 12. The van der Waals surface area contributed by atoms with Crippen molar-refractivity contribution in [3.05, 3.63) is 97.2 Å². The number of hydrogen-bond acceptors (Lipinski definition) is 18. The van der Waals surface area contributed by atoms with E-state index in [2.05, 4.69) is 104 Å². The molecule has 0 bridgehead atoms. The highest BCUT2D eigenvalue weighted by Gasteiger charge is 2.53. The number of allylic oxidation sites excluding steroid dienone is 15. The maximum atomic E-state index is 13.4. The first-order valence-electron chi connectivity index (χ1n) is 32.0. The van der Waals surface area contributed by atoms with Gasteiger partial charge in [0.25, 0.3) is 0 Å². The highest BCUT2D eigenvalue weighted by molar-refractivity contribution is 5.76. The lowest BCUT2D eigenvalue weighted by Gasteiger charge is -2.48. The largest absolute Gasteiger partial charge is 0.394 e. The van der Waals surface area contributed by atoms with Gasteiger partial charge in [0.15, 0.2) is 18.9 Å². The molecule has 0 aromatic rings. The van der Waals surface area contributed by atoms with E-state index in [0.717, 1.165) is 83.5 Å². The predicted octanol–water partition coefficient (Wildman–Crippen LogP) is 6.93. The smallest absolute Gasteiger partial charge is 0.220 e. The lowest BCUT2D eigenvalue weighted by molar-refractivity contribution is -0.379. The number of rotatable bonds is 46. The van der Waals surface area contributed by atoms with Crippen molar-refractivity contribution < 1.29 is 89.4 Å². The van der Waals surface area contributed by atoms with Crippen LogP contribution in [0.15, 0.2) is 97.2 Å². The third kappa shape index (κ3) is 30.7. The minimum absolute atomic E-state index is 0.200. The molecule has 0 aromatic heterocycles. The van der Waals surface area contributed by atoms with Crippen molar-refractivity contribution in [1.29, 1.82) is 0 Å². The van der Waals surface area contributed by atoms with Crippen molar-refractivity contribution in [2.24, 2.45) is 0 Å². The molecule has 12 N–H and O–H groups in total. The molecule has 17 unspecified atom stereocenters. The fourth-order valence-corrected chi connectivity index (χ4v) is 10.1. The van der Waals surface area contributed by atoms with Gasteiger partial charge in [0, 0.05) is 6.42 Å². The fourth-order valence-electron chi connectivity index (χ4n) is 10.1. The van der Waals surface area contributed by atoms with Crippen LogP contribution >= 0.6 is 0 Å². The van der Waals surface area contributed by atoms with E-state index in [0.29, 0.717) is 12.8 Å². The lowest BCUT2D eigenvalue weighted by atomic mass is 9.96. The molecule has 0 aliphatic carbocycles. The summed E-state index contributed by atoms with van der Waals surface area (Å²) in [6.45, 7) is 1.55. The van der Waals surface area contributed by atoms with Gasteiger partial charge in [-0.3, -0.25) is 4.79 Å². The first-order valence-corrected chi connectivity index (χ1v) is 32.0. The number of unbranched alkanes of at least 4 members (excludes halogenated alkanes) is 16. The standard InChI is InChI=1S/C66H111NO18/c1-3-5-7-9-11-13-15-17-19-21-22-23-24-25-26-28-30-32-34-36-38-40-42-44-54(72)67-49(50(71)43-41-39-37-35-33-31-29-27-20-18-16-14-12-10-8-6-4-2)48-80-64-60(78)57(75)62(52(46-69)82-64)85-66-61(79)58(76)63(53(47-70)83-66)84-65-59(77)56(74)55(73)51(45-68)81-65/h5,7,11,13,17,19,22-23,25-26,30,32-33,35,41,43,49-53,55-66,68-71,73-79H,3-4,6,8-10,12,14-16,18,20-21,24,27-29,31,34,36-40,42,44-48H2,1-2H3,(H,67,72)/b7-5-,13-11-,19-17-,23-22-,26-25-,32-30-,35-33+,43-41+. The normalized spacial score (nSPS) is 29.6. The van der Waals surface area contributed by atoms with Crippen molar-refractivity contribution >= 4 is 5.91 Å². The second-order valence-corrected chi connectivity index (χ2v) is 22.5. The van der Waals surface area contributed by atoms with Gasteiger partial charge in [-0.2, -0.15) is 0 Å². The highest BCUT2D eigenvalue weighted by atomic mass is 16.8. The first-order chi connectivity index (χ1) is 41.3. The van der Waals surface area contributed by atoms with Crippen LogP contribution in [-0.2, 0) is 33.2 Å². The number of aliphatic hydroxyl groups excluding tert-OH is 11. The van der Waals surface area contributed by atoms with Gasteiger partial charge >= 0.3 is 0 Å². The number of nitrogens with one attached hydrogen (secondary N) is 1. The Labute approximate surface area is 507 Å². The highest BCUT2D eigenvalue weighted by Crippen LogP contribution is 2.33. The lowest BCUT2D eigenvalue weighted by Crippen LogP contribution is -2.66. The monoisotopic (exact) mass is 1210 g/mol. The Balaban J connectivity index is 1.50. The molecule has 1 amide bonds. The van der Waals surface area contributed by atoms with E-state index in [1.165, 1.54) is 64.2 Å². The van der Waals surface area contributed by atoms with E-state index < -0.39 is 124 Å². The Kier molecular flexibility index (Phi) is 42.6. The maximum Gasteiger partial charge on any atom is 0.220 e. The molecule has 3 aliphatic rings. The molecule has 3 rings (SSSR count). The van der Waals surface area contributed by atoms with E-state index in [-0.39, 0.29) is 18.9 Å². The van der Waals surface area contributed by atoms with Gasteiger partial charge in [0.2, 0.25) is 5.91 Å². The summed E-state index contributed by atoms with van der Waals surface area (Å²) in [7, 11) is 0. The quantitative estimate of drug-likeness (QED) is 0.0217.